The monoisotopic (exact) mass is 352 g/mol. The highest BCUT2D eigenvalue weighted by Crippen LogP contribution is 2.18. The summed E-state index contributed by atoms with van der Waals surface area (Å²) >= 11 is 0. The summed E-state index contributed by atoms with van der Waals surface area (Å²) in [5.41, 5.74) is 2.94. The van der Waals surface area contributed by atoms with Crippen LogP contribution in [0.2, 0.25) is 0 Å². The largest absolute Gasteiger partial charge is 0.543 e. The first-order valence-electron chi connectivity index (χ1n) is 8.69. The number of carbonyl (C=O) groups is 2. The maximum Gasteiger partial charge on any atom is 0.543 e. The van der Waals surface area contributed by atoms with E-state index in [2.05, 4.69) is 21.7 Å². The van der Waals surface area contributed by atoms with Crippen LogP contribution in [-0.2, 0) is 19.6 Å². The second kappa shape index (κ2) is 10.7. The van der Waals surface area contributed by atoms with Crippen LogP contribution in [0.15, 0.2) is 12.1 Å². The average molecular weight is 352 g/mol. The number of benzene rings is 1. The molecule has 6 heteroatoms. The van der Waals surface area contributed by atoms with Gasteiger partial charge in [0.25, 0.3) is 0 Å². The Bertz CT molecular complexity index is 558. The molecule has 0 aromatic heterocycles. The van der Waals surface area contributed by atoms with Gasteiger partial charge in [0.15, 0.2) is 0 Å². The Labute approximate surface area is 149 Å². The molecule has 0 radical (unpaired) electrons. The zero-order valence-electron chi connectivity index (χ0n) is 15.7. The summed E-state index contributed by atoms with van der Waals surface area (Å²) in [7, 11) is 0. The van der Waals surface area contributed by atoms with Crippen molar-refractivity contribution in [1.29, 1.82) is 0 Å². The highest BCUT2D eigenvalue weighted by atomic mass is 17.5. The van der Waals surface area contributed by atoms with E-state index in [-0.39, 0.29) is 12.5 Å². The minimum Gasteiger partial charge on any atom is -0.432 e. The molecule has 0 fully saturated rings. The maximum atomic E-state index is 12.0. The SMILES string of the molecule is CCCCC(CC)COC(=O)OOOC(=O)c1c(C)cc(C)cc1C. The van der Waals surface area contributed by atoms with Crippen molar-refractivity contribution < 1.29 is 29.1 Å². The summed E-state index contributed by atoms with van der Waals surface area (Å²) in [5, 5.41) is 4.27. The van der Waals surface area contributed by atoms with Crippen LogP contribution in [0, 0.1) is 26.7 Å². The van der Waals surface area contributed by atoms with Gasteiger partial charge in [0.1, 0.15) is 0 Å². The number of aryl methyl sites for hydroxylation is 3. The maximum absolute atomic E-state index is 12.0. The topological polar surface area (TPSA) is 71.1 Å². The molecular formula is C19H28O6. The normalized spacial score (nSPS) is 11.7. The van der Waals surface area contributed by atoms with E-state index in [1.807, 2.05) is 26.0 Å². The van der Waals surface area contributed by atoms with Crippen LogP contribution in [0.5, 0.6) is 0 Å². The molecule has 1 aromatic rings. The van der Waals surface area contributed by atoms with E-state index in [9.17, 15) is 9.59 Å². The number of unbranched alkanes of at least 4 members (excludes halogenated alkanes) is 1. The Balaban J connectivity index is 2.39. The third-order valence-electron chi connectivity index (χ3n) is 4.07. The lowest BCUT2D eigenvalue weighted by molar-refractivity contribution is -0.452. The lowest BCUT2D eigenvalue weighted by Gasteiger charge is -2.13. The molecule has 0 aliphatic heterocycles. The first-order chi connectivity index (χ1) is 11.9. The van der Waals surface area contributed by atoms with Crippen LogP contribution in [0.4, 0.5) is 4.79 Å². The highest BCUT2D eigenvalue weighted by molar-refractivity contribution is 5.92. The number of hydrogen-bond acceptors (Lipinski definition) is 6. The molecule has 0 amide bonds. The third kappa shape index (κ3) is 7.13. The molecule has 0 heterocycles. The van der Waals surface area contributed by atoms with E-state index in [4.69, 9.17) is 4.74 Å². The van der Waals surface area contributed by atoms with Gasteiger partial charge >= 0.3 is 12.1 Å². The predicted octanol–water partition coefficient (Wildman–Crippen LogP) is 4.98. The second-order valence-corrected chi connectivity index (χ2v) is 6.27. The van der Waals surface area contributed by atoms with Gasteiger partial charge in [-0.1, -0.05) is 50.8 Å². The van der Waals surface area contributed by atoms with Gasteiger partial charge in [0.2, 0.25) is 0 Å². The van der Waals surface area contributed by atoms with Gasteiger partial charge in [-0.3, -0.25) is 4.89 Å². The van der Waals surface area contributed by atoms with E-state index in [0.29, 0.717) is 5.56 Å². The molecule has 1 unspecified atom stereocenters. The van der Waals surface area contributed by atoms with Crippen LogP contribution < -0.4 is 0 Å². The van der Waals surface area contributed by atoms with Crippen molar-refractivity contribution in [2.24, 2.45) is 5.92 Å². The van der Waals surface area contributed by atoms with Crippen molar-refractivity contribution in [2.45, 2.75) is 60.3 Å². The number of carbonyl (C=O) groups excluding carboxylic acids is 2. The molecule has 1 aromatic carbocycles. The molecule has 0 N–H and O–H groups in total. The first-order valence-corrected chi connectivity index (χ1v) is 8.69. The molecule has 0 spiro atoms. The Morgan fingerprint density at radius 1 is 1.04 bits per heavy atom. The Morgan fingerprint density at radius 3 is 2.24 bits per heavy atom. The molecule has 25 heavy (non-hydrogen) atoms. The molecule has 0 bridgehead atoms. The number of rotatable bonds is 9. The summed E-state index contributed by atoms with van der Waals surface area (Å²) in [6.45, 7) is 9.94. The van der Waals surface area contributed by atoms with Gasteiger partial charge in [-0.05, 0) is 44.2 Å². The van der Waals surface area contributed by atoms with Crippen LogP contribution in [0.3, 0.4) is 0 Å². The molecule has 0 aliphatic rings. The zero-order valence-corrected chi connectivity index (χ0v) is 15.7. The first kappa shape index (κ1) is 21.0. The van der Waals surface area contributed by atoms with Crippen LogP contribution >= 0.6 is 0 Å². The Morgan fingerprint density at radius 2 is 1.68 bits per heavy atom. The lowest BCUT2D eigenvalue weighted by atomic mass is 10.0. The molecule has 0 saturated carbocycles. The van der Waals surface area contributed by atoms with Crippen molar-refractivity contribution in [2.75, 3.05) is 6.61 Å². The van der Waals surface area contributed by atoms with Crippen molar-refractivity contribution in [3.63, 3.8) is 0 Å². The van der Waals surface area contributed by atoms with Crippen LogP contribution in [0.1, 0.15) is 66.6 Å². The average Bonchev–Trinajstić information content (AvgIpc) is 2.54. The summed E-state index contributed by atoms with van der Waals surface area (Å²) in [6, 6.07) is 3.72. The highest BCUT2D eigenvalue weighted by Gasteiger charge is 2.18. The molecule has 6 nitrogen and oxygen atoms in total. The summed E-state index contributed by atoms with van der Waals surface area (Å²) in [5.74, 6) is -0.440. The minimum atomic E-state index is -1.03. The molecule has 1 rings (SSSR count). The fourth-order valence-electron chi connectivity index (χ4n) is 2.73. The van der Waals surface area contributed by atoms with E-state index in [0.717, 1.165) is 42.4 Å². The summed E-state index contributed by atoms with van der Waals surface area (Å²) < 4.78 is 4.97. The minimum absolute atomic E-state index is 0.253. The molecule has 140 valence electrons. The van der Waals surface area contributed by atoms with E-state index >= 15 is 0 Å². The summed E-state index contributed by atoms with van der Waals surface area (Å²) in [4.78, 5) is 32.4. The zero-order chi connectivity index (χ0) is 18.8. The van der Waals surface area contributed by atoms with E-state index in [1.54, 1.807) is 13.8 Å². The number of hydrogen-bond donors (Lipinski definition) is 0. The van der Waals surface area contributed by atoms with E-state index < -0.39 is 12.1 Å². The van der Waals surface area contributed by atoms with Gasteiger partial charge < -0.3 is 4.74 Å². The molecular weight excluding hydrogens is 324 g/mol. The predicted molar refractivity (Wildman–Crippen MR) is 92.9 cm³/mol. The standard InChI is InChI=1S/C19H28O6/c1-6-8-9-16(7-2)12-22-19(21)24-25-23-18(20)17-14(4)10-13(3)11-15(17)5/h10-11,16H,6-9,12H2,1-5H3. The van der Waals surface area contributed by atoms with Crippen molar-refractivity contribution in [1.82, 2.24) is 0 Å². The van der Waals surface area contributed by atoms with Crippen molar-refractivity contribution in [3.05, 3.63) is 34.4 Å². The molecule has 1 atom stereocenters. The quantitative estimate of drug-likeness (QED) is 0.354. The van der Waals surface area contributed by atoms with E-state index in [1.165, 1.54) is 0 Å². The van der Waals surface area contributed by atoms with Crippen molar-refractivity contribution in [3.8, 4) is 0 Å². The van der Waals surface area contributed by atoms with Crippen molar-refractivity contribution >= 4 is 12.1 Å². The van der Waals surface area contributed by atoms with Gasteiger partial charge in [-0.15, -0.1) is 0 Å². The lowest BCUT2D eigenvalue weighted by Crippen LogP contribution is -2.17. The van der Waals surface area contributed by atoms with Crippen LogP contribution in [0.25, 0.3) is 0 Å². The summed E-state index contributed by atoms with van der Waals surface area (Å²) in [6.07, 6.45) is 3.05. The number of ether oxygens (including phenoxy) is 1. The van der Waals surface area contributed by atoms with Gasteiger partial charge in [0, 0.05) is 0 Å². The second-order valence-electron chi connectivity index (χ2n) is 6.27. The fraction of sp³-hybridized carbons (Fsp3) is 0.579. The fourth-order valence-corrected chi connectivity index (χ4v) is 2.73. The Hall–Kier alpha value is -2.08. The van der Waals surface area contributed by atoms with Crippen LogP contribution in [-0.4, -0.2) is 18.7 Å². The van der Waals surface area contributed by atoms with Gasteiger partial charge in [-0.25, -0.2) is 14.5 Å². The van der Waals surface area contributed by atoms with Gasteiger partial charge in [0.05, 0.1) is 17.2 Å². The van der Waals surface area contributed by atoms with Gasteiger partial charge in [-0.2, -0.15) is 0 Å². The smallest absolute Gasteiger partial charge is 0.432 e. The third-order valence-corrected chi connectivity index (χ3v) is 4.07. The molecule has 0 saturated heterocycles. The molecule has 0 aliphatic carbocycles. The Kier molecular flexibility index (Phi) is 8.99.